The van der Waals surface area contributed by atoms with Gasteiger partial charge in [0.15, 0.2) is 0 Å². The first-order valence-corrected chi connectivity index (χ1v) is 12.1. The summed E-state index contributed by atoms with van der Waals surface area (Å²) < 4.78 is 0. The smallest absolute Gasteiger partial charge is 0.226 e. The molecule has 0 spiro atoms. The normalized spacial score (nSPS) is 18.3. The van der Waals surface area contributed by atoms with E-state index in [9.17, 15) is 9.59 Å². The van der Waals surface area contributed by atoms with Gasteiger partial charge in [-0.1, -0.05) is 55.0 Å². The molecule has 1 N–H and O–H groups in total. The molecule has 4 nitrogen and oxygen atoms in total. The highest BCUT2D eigenvalue weighted by molar-refractivity contribution is 5.84. The van der Waals surface area contributed by atoms with E-state index in [1.807, 2.05) is 18.7 Å². The predicted octanol–water partition coefficient (Wildman–Crippen LogP) is 5.14. The number of nitrogens with zero attached hydrogens (tertiary/aromatic N) is 1. The third kappa shape index (κ3) is 4.74. The molecule has 4 rings (SSSR count). The van der Waals surface area contributed by atoms with Gasteiger partial charge in [-0.15, -0.1) is 0 Å². The summed E-state index contributed by atoms with van der Waals surface area (Å²) in [4.78, 5) is 28.2. The van der Waals surface area contributed by atoms with Crippen LogP contribution in [-0.2, 0) is 16.0 Å². The summed E-state index contributed by atoms with van der Waals surface area (Å²) in [6.45, 7) is 7.52. The fourth-order valence-electron chi connectivity index (χ4n) is 5.10. The molecule has 0 atom stereocenters. The van der Waals surface area contributed by atoms with Crippen molar-refractivity contribution in [1.29, 1.82) is 0 Å². The number of aryl methyl sites for hydroxylation is 1. The number of carbonyl (C=O) groups excluding carboxylic acids is 2. The number of benzene rings is 2. The molecule has 2 aromatic carbocycles. The first-order valence-electron chi connectivity index (χ1n) is 12.1. The Morgan fingerprint density at radius 1 is 1.06 bits per heavy atom. The van der Waals surface area contributed by atoms with Gasteiger partial charge in [-0.25, -0.2) is 0 Å². The maximum absolute atomic E-state index is 13.4. The maximum atomic E-state index is 13.4. The van der Waals surface area contributed by atoms with Crippen molar-refractivity contribution in [3.63, 3.8) is 0 Å². The number of hydrogen-bond donors (Lipinski definition) is 1. The number of piperidine rings is 1. The minimum absolute atomic E-state index is 0.104. The van der Waals surface area contributed by atoms with E-state index < -0.39 is 5.41 Å². The van der Waals surface area contributed by atoms with Crippen LogP contribution >= 0.6 is 0 Å². The first-order chi connectivity index (χ1) is 15.4. The van der Waals surface area contributed by atoms with Crippen molar-refractivity contribution in [3.8, 4) is 11.1 Å². The van der Waals surface area contributed by atoms with Crippen molar-refractivity contribution < 1.29 is 9.59 Å². The van der Waals surface area contributed by atoms with Crippen molar-refractivity contribution in [2.24, 2.45) is 11.3 Å². The summed E-state index contributed by atoms with van der Waals surface area (Å²) in [7, 11) is 0. The van der Waals surface area contributed by atoms with E-state index in [1.165, 1.54) is 28.7 Å². The lowest BCUT2D eigenvalue weighted by Crippen LogP contribution is -2.53. The first kappa shape index (κ1) is 22.6. The minimum atomic E-state index is -0.467. The molecule has 1 saturated heterocycles. The molecule has 1 heterocycles. The quantitative estimate of drug-likeness (QED) is 0.687. The van der Waals surface area contributed by atoms with E-state index in [-0.39, 0.29) is 17.9 Å². The number of amides is 2. The zero-order valence-corrected chi connectivity index (χ0v) is 19.7. The molecule has 2 aliphatic rings. The average Bonchev–Trinajstić information content (AvgIpc) is 2.73. The molecule has 170 valence electrons. The van der Waals surface area contributed by atoms with Gasteiger partial charge in [-0.3, -0.25) is 9.59 Å². The van der Waals surface area contributed by atoms with E-state index in [2.05, 4.69) is 60.8 Å². The second kappa shape index (κ2) is 9.48. The number of carbonyl (C=O) groups is 2. The van der Waals surface area contributed by atoms with Crippen LogP contribution < -0.4 is 5.32 Å². The molecule has 0 bridgehead atoms. The minimum Gasteiger partial charge on any atom is -0.353 e. The van der Waals surface area contributed by atoms with Gasteiger partial charge in [0, 0.05) is 25.0 Å². The highest BCUT2D eigenvalue weighted by Crippen LogP contribution is 2.38. The summed E-state index contributed by atoms with van der Waals surface area (Å²) in [5.74, 6) is 0.651. The van der Waals surface area contributed by atoms with E-state index in [0.717, 1.165) is 25.7 Å². The van der Waals surface area contributed by atoms with Gasteiger partial charge in [0.2, 0.25) is 11.8 Å². The molecule has 2 amide bonds. The van der Waals surface area contributed by atoms with Crippen LogP contribution in [0.5, 0.6) is 0 Å². The second-order valence-corrected chi connectivity index (χ2v) is 10.1. The number of hydrogen-bond acceptors (Lipinski definition) is 2. The Morgan fingerprint density at radius 3 is 2.41 bits per heavy atom. The Kier molecular flexibility index (Phi) is 6.68. The van der Waals surface area contributed by atoms with Crippen LogP contribution in [0.25, 0.3) is 11.1 Å². The van der Waals surface area contributed by atoms with Crippen molar-refractivity contribution in [2.45, 2.75) is 65.3 Å². The average molecular weight is 433 g/mol. The molecular formula is C28H36N2O2. The number of likely N-dealkylation sites (tertiary alicyclic amines) is 1. The zero-order chi connectivity index (χ0) is 22.7. The molecule has 0 aromatic heterocycles. The van der Waals surface area contributed by atoms with Gasteiger partial charge < -0.3 is 10.2 Å². The molecular weight excluding hydrogens is 396 g/mol. The monoisotopic (exact) mass is 432 g/mol. The summed E-state index contributed by atoms with van der Waals surface area (Å²) in [5.41, 5.74) is 4.39. The van der Waals surface area contributed by atoms with Gasteiger partial charge in [-0.2, -0.15) is 0 Å². The Morgan fingerprint density at radius 2 is 1.78 bits per heavy atom. The lowest BCUT2D eigenvalue weighted by molar-refractivity contribution is -0.145. The molecule has 32 heavy (non-hydrogen) atoms. The van der Waals surface area contributed by atoms with Crippen LogP contribution in [0, 0.1) is 18.3 Å². The fraction of sp³-hybridized carbons (Fsp3) is 0.500. The van der Waals surface area contributed by atoms with Gasteiger partial charge in [0.1, 0.15) is 0 Å². The van der Waals surface area contributed by atoms with Gasteiger partial charge in [-0.05, 0) is 75.1 Å². The largest absolute Gasteiger partial charge is 0.353 e. The lowest BCUT2D eigenvalue weighted by Gasteiger charge is -2.43. The van der Waals surface area contributed by atoms with E-state index >= 15 is 0 Å². The molecule has 0 radical (unpaired) electrons. The van der Waals surface area contributed by atoms with Crippen LogP contribution in [0.1, 0.15) is 57.1 Å². The lowest BCUT2D eigenvalue weighted by atomic mass is 9.72. The summed E-state index contributed by atoms with van der Waals surface area (Å²) in [5, 5.41) is 3.18. The van der Waals surface area contributed by atoms with Crippen molar-refractivity contribution in [3.05, 3.63) is 59.7 Å². The predicted molar refractivity (Wildman–Crippen MR) is 129 cm³/mol. The topological polar surface area (TPSA) is 49.4 Å². The molecule has 0 unspecified atom stereocenters. The Hall–Kier alpha value is -2.62. The summed E-state index contributed by atoms with van der Waals surface area (Å²) >= 11 is 0. The Labute approximate surface area is 192 Å². The third-order valence-corrected chi connectivity index (χ3v) is 7.31. The van der Waals surface area contributed by atoms with Crippen molar-refractivity contribution >= 4 is 11.8 Å². The van der Waals surface area contributed by atoms with E-state index in [0.29, 0.717) is 25.4 Å². The Balaban J connectivity index is 1.55. The van der Waals surface area contributed by atoms with Crippen molar-refractivity contribution in [2.75, 3.05) is 13.1 Å². The maximum Gasteiger partial charge on any atom is 0.226 e. The van der Waals surface area contributed by atoms with Crippen LogP contribution in [0.4, 0.5) is 0 Å². The van der Waals surface area contributed by atoms with Gasteiger partial charge in [0.25, 0.3) is 0 Å². The highest BCUT2D eigenvalue weighted by atomic mass is 16.2. The van der Waals surface area contributed by atoms with E-state index in [4.69, 9.17) is 0 Å². The SMILES string of the molecule is Cc1ccccc1-c1cccc(CC2(C(=O)NC(C)C)CCN(C(=O)C3CCC3)CC2)c1. The van der Waals surface area contributed by atoms with Crippen LogP contribution in [0.3, 0.4) is 0 Å². The third-order valence-electron chi connectivity index (χ3n) is 7.31. The Bertz CT molecular complexity index is 969. The summed E-state index contributed by atoms with van der Waals surface area (Å²) in [6, 6.07) is 17.1. The molecule has 4 heteroatoms. The van der Waals surface area contributed by atoms with Crippen LogP contribution in [0.15, 0.2) is 48.5 Å². The second-order valence-electron chi connectivity index (χ2n) is 10.1. The molecule has 2 aromatic rings. The number of nitrogens with one attached hydrogen (secondary N) is 1. The van der Waals surface area contributed by atoms with Crippen LogP contribution in [-0.4, -0.2) is 35.8 Å². The molecule has 1 saturated carbocycles. The molecule has 1 aliphatic carbocycles. The molecule has 1 aliphatic heterocycles. The standard InChI is InChI=1S/C28H36N2O2/c1-20(2)29-27(32)28(14-16-30(17-15-28)26(31)23-10-7-11-23)19-22-9-6-12-24(18-22)25-13-5-4-8-21(25)3/h4-6,8-9,12-13,18,20,23H,7,10-11,14-17,19H2,1-3H3,(H,29,32). The zero-order valence-electron chi connectivity index (χ0n) is 19.7. The molecule has 2 fully saturated rings. The highest BCUT2D eigenvalue weighted by Gasteiger charge is 2.43. The van der Waals surface area contributed by atoms with Gasteiger partial charge in [0.05, 0.1) is 5.41 Å². The van der Waals surface area contributed by atoms with Gasteiger partial charge >= 0.3 is 0 Å². The van der Waals surface area contributed by atoms with E-state index in [1.54, 1.807) is 0 Å². The summed E-state index contributed by atoms with van der Waals surface area (Å²) in [6.07, 6.45) is 5.37. The van der Waals surface area contributed by atoms with Crippen molar-refractivity contribution in [1.82, 2.24) is 10.2 Å². The van der Waals surface area contributed by atoms with Crippen LogP contribution in [0.2, 0.25) is 0 Å². The fourth-order valence-corrected chi connectivity index (χ4v) is 5.10. The number of rotatable bonds is 6.